The lowest BCUT2D eigenvalue weighted by atomic mass is 9.74. The number of hydrogen-bond acceptors (Lipinski definition) is 4. The van der Waals surface area contributed by atoms with Gasteiger partial charge in [0.2, 0.25) is 0 Å². The van der Waals surface area contributed by atoms with E-state index in [2.05, 4.69) is 18.9 Å². The molecule has 1 N–H and O–H groups in total. The van der Waals surface area contributed by atoms with Crippen molar-refractivity contribution >= 4 is 29.3 Å². The monoisotopic (exact) mass is 597 g/mol. The number of carboxylic acid groups (broad SMARTS) is 1. The van der Waals surface area contributed by atoms with Crippen molar-refractivity contribution in [3.63, 3.8) is 0 Å². The molecule has 3 aliphatic carbocycles. The highest BCUT2D eigenvalue weighted by molar-refractivity contribution is 6.34. The average Bonchev–Trinajstić information content (AvgIpc) is 3.30. The van der Waals surface area contributed by atoms with E-state index < -0.39 is 70.5 Å². The Balaban J connectivity index is 1.48. The molecule has 41 heavy (non-hydrogen) atoms. The largest absolute Gasteiger partial charge is 0.481 e. The molecule has 0 bridgehead atoms. The standard InChI is InChI=1S/C29H32ClF4N3O4/c1-27(2)18-11-16(12-19(18)27)36(14-22(38)23-20(30)5-4-6-21(23)31)25(39)17-13-35-37(24(17)29(32,33)34)15-7-9-28(3,10-8-15)26(40)41/h4-6,13,15-16,18-19H,7-12,14H2,1-3H3,(H,40,41)/t15-,16-,18+,19-,28-. The highest BCUT2D eigenvalue weighted by atomic mass is 35.5. The average molecular weight is 598 g/mol. The number of ketones is 1. The van der Waals surface area contributed by atoms with Crippen molar-refractivity contribution < 1.29 is 37.1 Å². The van der Waals surface area contributed by atoms with Gasteiger partial charge in [0.25, 0.3) is 5.91 Å². The second kappa shape index (κ2) is 10.1. The zero-order valence-electron chi connectivity index (χ0n) is 23.0. The van der Waals surface area contributed by atoms with Crippen molar-refractivity contribution in [3.8, 4) is 0 Å². The van der Waals surface area contributed by atoms with E-state index >= 15 is 0 Å². The van der Waals surface area contributed by atoms with Crippen LogP contribution in [0.4, 0.5) is 17.6 Å². The summed E-state index contributed by atoms with van der Waals surface area (Å²) in [6.45, 7) is 5.13. The SMILES string of the molecule is CC1(C)[C@@H]2C[C@H](N(CC(=O)c3c(F)cccc3Cl)C(=O)c3cnn([C@H]4CC[C@](C)(C(=O)O)CC4)c3C(F)(F)F)C[C@@H]21. The van der Waals surface area contributed by atoms with Gasteiger partial charge in [-0.2, -0.15) is 18.3 Å². The first-order valence-electron chi connectivity index (χ1n) is 13.7. The normalized spacial score (nSPS) is 28.7. The predicted molar refractivity (Wildman–Crippen MR) is 141 cm³/mol. The number of nitrogens with zero attached hydrogens (tertiary/aromatic N) is 3. The fourth-order valence-electron chi connectivity index (χ4n) is 7.03. The molecule has 0 radical (unpaired) electrons. The minimum absolute atomic E-state index is 0.0531. The fourth-order valence-corrected chi connectivity index (χ4v) is 7.29. The molecule has 0 unspecified atom stereocenters. The topological polar surface area (TPSA) is 92.5 Å². The van der Waals surface area contributed by atoms with Crippen LogP contribution in [0.5, 0.6) is 0 Å². The summed E-state index contributed by atoms with van der Waals surface area (Å²) in [6.07, 6.45) is -2.40. The van der Waals surface area contributed by atoms with Gasteiger partial charge in [-0.05, 0) is 74.8 Å². The number of carbonyl (C=O) groups is 3. The molecule has 1 aromatic heterocycles. The number of aromatic nitrogens is 2. The first-order chi connectivity index (χ1) is 19.1. The van der Waals surface area contributed by atoms with Crippen LogP contribution in [-0.2, 0) is 11.0 Å². The molecule has 5 rings (SSSR count). The second-order valence-electron chi connectivity index (χ2n) is 12.6. The summed E-state index contributed by atoms with van der Waals surface area (Å²) >= 11 is 6.08. The first-order valence-corrected chi connectivity index (χ1v) is 14.1. The van der Waals surface area contributed by atoms with E-state index in [1.165, 1.54) is 12.1 Å². The van der Waals surface area contributed by atoms with Crippen molar-refractivity contribution in [1.29, 1.82) is 0 Å². The van der Waals surface area contributed by atoms with Gasteiger partial charge in [-0.15, -0.1) is 0 Å². The highest BCUT2D eigenvalue weighted by Crippen LogP contribution is 2.67. The van der Waals surface area contributed by atoms with Gasteiger partial charge in [0.1, 0.15) is 5.82 Å². The number of hydrogen-bond donors (Lipinski definition) is 1. The minimum Gasteiger partial charge on any atom is -0.481 e. The maximum Gasteiger partial charge on any atom is 0.433 e. The molecule has 3 fully saturated rings. The third-order valence-corrected chi connectivity index (χ3v) is 10.1. The van der Waals surface area contributed by atoms with E-state index in [9.17, 15) is 37.1 Å². The summed E-state index contributed by atoms with van der Waals surface area (Å²) in [5.41, 5.74) is -3.31. The molecule has 1 aromatic carbocycles. The van der Waals surface area contributed by atoms with Crippen LogP contribution in [0.25, 0.3) is 0 Å². The smallest absolute Gasteiger partial charge is 0.433 e. The van der Waals surface area contributed by atoms with Gasteiger partial charge in [-0.25, -0.2) is 4.39 Å². The van der Waals surface area contributed by atoms with Gasteiger partial charge in [-0.3, -0.25) is 19.1 Å². The van der Waals surface area contributed by atoms with Gasteiger partial charge in [0.05, 0.1) is 40.3 Å². The molecule has 2 aromatic rings. The molecule has 3 saturated carbocycles. The van der Waals surface area contributed by atoms with Gasteiger partial charge in [0.15, 0.2) is 11.5 Å². The predicted octanol–water partition coefficient (Wildman–Crippen LogP) is 6.66. The summed E-state index contributed by atoms with van der Waals surface area (Å²) < 4.78 is 58.9. The zero-order valence-corrected chi connectivity index (χ0v) is 23.7. The third-order valence-electron chi connectivity index (χ3n) is 9.81. The van der Waals surface area contributed by atoms with Crippen molar-refractivity contribution in [2.75, 3.05) is 6.54 Å². The van der Waals surface area contributed by atoms with Crippen LogP contribution in [0.2, 0.25) is 5.02 Å². The number of rotatable bonds is 7. The van der Waals surface area contributed by atoms with Crippen LogP contribution in [-0.4, -0.2) is 50.0 Å². The highest BCUT2D eigenvalue weighted by Gasteiger charge is 2.63. The Morgan fingerprint density at radius 2 is 1.73 bits per heavy atom. The summed E-state index contributed by atoms with van der Waals surface area (Å²) in [5, 5.41) is 13.3. The van der Waals surface area contributed by atoms with Crippen molar-refractivity contribution in [2.45, 2.75) is 77.6 Å². The molecule has 3 atom stereocenters. The van der Waals surface area contributed by atoms with Crippen molar-refractivity contribution in [3.05, 3.63) is 52.1 Å². The number of alkyl halides is 3. The van der Waals surface area contributed by atoms with Crippen LogP contribution in [0.15, 0.2) is 24.4 Å². The van der Waals surface area contributed by atoms with Gasteiger partial charge in [0, 0.05) is 6.04 Å². The lowest BCUT2D eigenvalue weighted by molar-refractivity contribution is -0.152. The van der Waals surface area contributed by atoms with Crippen molar-refractivity contribution in [1.82, 2.24) is 14.7 Å². The molecule has 0 aliphatic heterocycles. The molecule has 1 heterocycles. The van der Waals surface area contributed by atoms with Gasteiger partial charge in [-0.1, -0.05) is 31.5 Å². The van der Waals surface area contributed by atoms with Gasteiger partial charge >= 0.3 is 12.1 Å². The number of halogens is 5. The summed E-state index contributed by atoms with van der Waals surface area (Å²) in [5.74, 6) is -3.14. The first kappa shape index (κ1) is 29.5. The Labute approximate surface area is 239 Å². The Morgan fingerprint density at radius 1 is 1.12 bits per heavy atom. The van der Waals surface area contributed by atoms with Crippen LogP contribution in [0.3, 0.4) is 0 Å². The number of fused-ring (bicyclic) bond motifs is 1. The fraction of sp³-hybridized carbons (Fsp3) is 0.586. The Hall–Kier alpha value is -2.95. The quantitative estimate of drug-likeness (QED) is 0.285. The van der Waals surface area contributed by atoms with Crippen molar-refractivity contribution in [2.24, 2.45) is 22.7 Å². The number of Topliss-reactive ketones (excluding diaryl/α,β-unsaturated/α-hetero) is 1. The van der Waals surface area contributed by atoms with Crippen LogP contribution < -0.4 is 0 Å². The van der Waals surface area contributed by atoms with E-state index in [1.54, 1.807) is 6.92 Å². The Kier molecular flexibility index (Phi) is 7.28. The van der Waals surface area contributed by atoms with Crippen LogP contribution in [0.1, 0.15) is 91.7 Å². The molecular weight excluding hydrogens is 566 g/mol. The maximum atomic E-state index is 14.5. The molecule has 7 nitrogen and oxygen atoms in total. The zero-order chi connectivity index (χ0) is 30.1. The lowest BCUT2D eigenvalue weighted by Gasteiger charge is -2.35. The van der Waals surface area contributed by atoms with Crippen LogP contribution >= 0.6 is 11.6 Å². The Bertz CT molecular complexity index is 1360. The van der Waals surface area contributed by atoms with E-state index in [0.717, 1.165) is 21.8 Å². The molecule has 222 valence electrons. The van der Waals surface area contributed by atoms with E-state index in [-0.39, 0.29) is 48.0 Å². The molecule has 1 amide bonds. The molecule has 0 spiro atoms. The number of aliphatic carboxylic acids is 1. The molecule has 12 heteroatoms. The number of carboxylic acids is 1. The molecular formula is C29H32ClF4N3O4. The second-order valence-corrected chi connectivity index (χ2v) is 13.0. The van der Waals surface area contributed by atoms with E-state index in [0.29, 0.717) is 12.8 Å². The summed E-state index contributed by atoms with van der Waals surface area (Å²) in [6, 6.07) is 2.48. The lowest BCUT2D eigenvalue weighted by Crippen LogP contribution is -2.44. The Morgan fingerprint density at radius 3 is 2.27 bits per heavy atom. The van der Waals surface area contributed by atoms with E-state index in [1.807, 2.05) is 0 Å². The van der Waals surface area contributed by atoms with E-state index in [4.69, 9.17) is 11.6 Å². The summed E-state index contributed by atoms with van der Waals surface area (Å²) in [7, 11) is 0. The summed E-state index contributed by atoms with van der Waals surface area (Å²) in [4.78, 5) is 39.9. The van der Waals surface area contributed by atoms with Gasteiger partial charge < -0.3 is 10.0 Å². The molecule has 3 aliphatic rings. The number of carbonyl (C=O) groups excluding carboxylic acids is 2. The maximum absolute atomic E-state index is 14.5. The van der Waals surface area contributed by atoms with Crippen LogP contribution in [0, 0.1) is 28.5 Å². The third kappa shape index (κ3) is 5.15. The number of benzene rings is 1. The number of amides is 1. The molecule has 0 saturated heterocycles. The minimum atomic E-state index is -4.95.